The van der Waals surface area contributed by atoms with Crippen LogP contribution in [0.5, 0.6) is 0 Å². The van der Waals surface area contributed by atoms with Gasteiger partial charge < -0.3 is 9.84 Å². The molecule has 3 heteroatoms. The first-order valence-corrected chi connectivity index (χ1v) is 5.42. The number of aliphatic hydroxyl groups is 1. The largest absolute Gasteiger partial charge is 0.395 e. The summed E-state index contributed by atoms with van der Waals surface area (Å²) < 4.78 is 5.64. The molecule has 1 rings (SSSR count). The Hall–Kier alpha value is -0.380. The normalized spacial score (nSPS) is 22.6. The van der Waals surface area contributed by atoms with Crippen LogP contribution in [0.25, 0.3) is 0 Å². The molecule has 1 heterocycles. The molecular weight excluding hydrogens is 178 g/mol. The summed E-state index contributed by atoms with van der Waals surface area (Å²) in [5.41, 5.74) is 0. The molecule has 0 aromatic heterocycles. The van der Waals surface area contributed by atoms with Gasteiger partial charge >= 0.3 is 0 Å². The van der Waals surface area contributed by atoms with Gasteiger partial charge in [0, 0.05) is 26.2 Å². The molecule has 1 saturated heterocycles. The van der Waals surface area contributed by atoms with Crippen molar-refractivity contribution in [2.24, 2.45) is 0 Å². The summed E-state index contributed by atoms with van der Waals surface area (Å²) in [5.74, 6) is 0. The lowest BCUT2D eigenvalue weighted by molar-refractivity contribution is -0.00582. The first-order valence-electron chi connectivity index (χ1n) is 5.42. The molecule has 0 aromatic rings. The van der Waals surface area contributed by atoms with Crippen LogP contribution in [-0.4, -0.2) is 49.0 Å². The van der Waals surface area contributed by atoms with Crippen molar-refractivity contribution in [3.63, 3.8) is 0 Å². The zero-order valence-electron chi connectivity index (χ0n) is 8.82. The van der Waals surface area contributed by atoms with E-state index in [4.69, 9.17) is 9.84 Å². The third-order valence-corrected chi connectivity index (χ3v) is 2.54. The predicted octanol–water partition coefficient (Wildman–Crippen LogP) is 1.04. The van der Waals surface area contributed by atoms with Gasteiger partial charge in [0.1, 0.15) is 0 Å². The smallest absolute Gasteiger partial charge is 0.0702 e. The summed E-state index contributed by atoms with van der Waals surface area (Å²) in [6, 6.07) is 0. The van der Waals surface area contributed by atoms with Gasteiger partial charge in [-0.05, 0) is 19.3 Å². The second kappa shape index (κ2) is 6.98. The van der Waals surface area contributed by atoms with E-state index in [1.165, 1.54) is 12.8 Å². The van der Waals surface area contributed by atoms with Crippen molar-refractivity contribution in [1.82, 2.24) is 4.90 Å². The summed E-state index contributed by atoms with van der Waals surface area (Å²) >= 11 is 0. The molecule has 0 aliphatic carbocycles. The Labute approximate surface area is 86.4 Å². The molecule has 1 fully saturated rings. The third-order valence-electron chi connectivity index (χ3n) is 2.54. The van der Waals surface area contributed by atoms with Crippen LogP contribution in [0, 0.1) is 0 Å². The Kier molecular flexibility index (Phi) is 5.83. The Morgan fingerprint density at radius 1 is 1.50 bits per heavy atom. The maximum atomic E-state index is 8.88. The molecule has 0 spiro atoms. The fraction of sp³-hybridized carbons (Fsp3) is 0.818. The van der Waals surface area contributed by atoms with Crippen LogP contribution in [-0.2, 0) is 4.74 Å². The summed E-state index contributed by atoms with van der Waals surface area (Å²) in [4.78, 5) is 2.18. The van der Waals surface area contributed by atoms with Gasteiger partial charge in [-0.3, -0.25) is 4.90 Å². The minimum absolute atomic E-state index is 0.209. The molecule has 1 unspecified atom stereocenters. The topological polar surface area (TPSA) is 32.7 Å². The number of nitrogens with zero attached hydrogens (tertiary/aromatic N) is 1. The van der Waals surface area contributed by atoms with E-state index in [2.05, 4.69) is 11.5 Å². The summed E-state index contributed by atoms with van der Waals surface area (Å²) in [6.45, 7) is 7.29. The van der Waals surface area contributed by atoms with Crippen LogP contribution in [0.4, 0.5) is 0 Å². The van der Waals surface area contributed by atoms with E-state index in [1.54, 1.807) is 0 Å². The molecule has 1 atom stereocenters. The van der Waals surface area contributed by atoms with E-state index in [-0.39, 0.29) is 6.61 Å². The van der Waals surface area contributed by atoms with Gasteiger partial charge in [-0.25, -0.2) is 0 Å². The van der Waals surface area contributed by atoms with Gasteiger partial charge in [-0.1, -0.05) is 6.08 Å². The Morgan fingerprint density at radius 3 is 2.93 bits per heavy atom. The van der Waals surface area contributed by atoms with E-state index < -0.39 is 0 Å². The molecule has 0 radical (unpaired) electrons. The van der Waals surface area contributed by atoms with E-state index in [1.807, 2.05) is 6.08 Å². The van der Waals surface area contributed by atoms with Crippen molar-refractivity contribution in [1.29, 1.82) is 0 Å². The molecule has 0 saturated carbocycles. The lowest BCUT2D eigenvalue weighted by Gasteiger charge is -2.28. The number of rotatable bonds is 6. The fourth-order valence-corrected chi connectivity index (χ4v) is 1.82. The van der Waals surface area contributed by atoms with Crippen LogP contribution in [0.1, 0.15) is 19.3 Å². The molecule has 82 valence electrons. The van der Waals surface area contributed by atoms with E-state index in [9.17, 15) is 0 Å². The number of hydrogen-bond donors (Lipinski definition) is 1. The second-order valence-electron chi connectivity index (χ2n) is 3.76. The van der Waals surface area contributed by atoms with Gasteiger partial charge in [0.05, 0.1) is 12.7 Å². The van der Waals surface area contributed by atoms with Gasteiger partial charge in [0.2, 0.25) is 0 Å². The molecule has 1 aliphatic heterocycles. The zero-order chi connectivity index (χ0) is 10.2. The maximum Gasteiger partial charge on any atom is 0.0702 e. The van der Waals surface area contributed by atoms with Crippen LogP contribution in [0.2, 0.25) is 0 Å². The molecule has 1 N–H and O–H groups in total. The van der Waals surface area contributed by atoms with Crippen molar-refractivity contribution in [3.8, 4) is 0 Å². The first-order chi connectivity index (χ1) is 6.86. The monoisotopic (exact) mass is 199 g/mol. The highest BCUT2D eigenvalue weighted by molar-refractivity contribution is 4.76. The van der Waals surface area contributed by atoms with E-state index >= 15 is 0 Å². The predicted molar refractivity (Wildman–Crippen MR) is 57.3 cm³/mol. The van der Waals surface area contributed by atoms with Gasteiger partial charge in [0.15, 0.2) is 0 Å². The summed E-state index contributed by atoms with van der Waals surface area (Å²) in [7, 11) is 0. The number of hydrogen-bond acceptors (Lipinski definition) is 3. The number of aliphatic hydroxyl groups excluding tert-OH is 1. The van der Waals surface area contributed by atoms with Crippen molar-refractivity contribution < 1.29 is 9.84 Å². The lowest BCUT2D eigenvalue weighted by Crippen LogP contribution is -2.37. The Morgan fingerprint density at radius 2 is 2.36 bits per heavy atom. The Bertz CT molecular complexity index is 155. The van der Waals surface area contributed by atoms with Crippen molar-refractivity contribution in [3.05, 3.63) is 12.7 Å². The highest BCUT2D eigenvalue weighted by atomic mass is 16.5. The average Bonchev–Trinajstić information content (AvgIpc) is 2.20. The van der Waals surface area contributed by atoms with Crippen LogP contribution >= 0.6 is 0 Å². The van der Waals surface area contributed by atoms with Crippen molar-refractivity contribution in [2.45, 2.75) is 25.4 Å². The molecule has 1 aliphatic rings. The van der Waals surface area contributed by atoms with Crippen LogP contribution < -0.4 is 0 Å². The average molecular weight is 199 g/mol. The van der Waals surface area contributed by atoms with Gasteiger partial charge in [-0.15, -0.1) is 6.58 Å². The van der Waals surface area contributed by atoms with Crippen molar-refractivity contribution >= 4 is 0 Å². The molecule has 0 bridgehead atoms. The van der Waals surface area contributed by atoms with Crippen LogP contribution in [0.15, 0.2) is 12.7 Å². The van der Waals surface area contributed by atoms with Gasteiger partial charge in [0.25, 0.3) is 0 Å². The molecule has 14 heavy (non-hydrogen) atoms. The second-order valence-corrected chi connectivity index (χ2v) is 3.76. The number of ether oxygens (including phenoxy) is 1. The zero-order valence-corrected chi connectivity index (χ0v) is 8.82. The minimum atomic E-state index is 0.209. The highest BCUT2D eigenvalue weighted by Crippen LogP contribution is 2.13. The molecule has 0 amide bonds. The molecular formula is C11H21NO2. The maximum absolute atomic E-state index is 8.88. The van der Waals surface area contributed by atoms with E-state index in [0.29, 0.717) is 12.6 Å². The third kappa shape index (κ3) is 4.22. The minimum Gasteiger partial charge on any atom is -0.395 e. The quantitative estimate of drug-likeness (QED) is 0.649. The van der Waals surface area contributed by atoms with Gasteiger partial charge in [-0.2, -0.15) is 0 Å². The standard InChI is InChI=1S/C11H21NO2/c1-2-6-12(7-8-13)10-11-5-3-4-9-14-11/h2,11,13H,1,3-10H2. The SMILES string of the molecule is C=CCN(CCO)CC1CCCCO1. The lowest BCUT2D eigenvalue weighted by atomic mass is 10.1. The summed E-state index contributed by atoms with van der Waals surface area (Å²) in [5, 5.41) is 8.88. The molecule has 0 aromatic carbocycles. The van der Waals surface area contributed by atoms with Crippen LogP contribution in [0.3, 0.4) is 0 Å². The fourth-order valence-electron chi connectivity index (χ4n) is 1.82. The Balaban J connectivity index is 2.25. The molecule has 3 nitrogen and oxygen atoms in total. The van der Waals surface area contributed by atoms with Crippen molar-refractivity contribution in [2.75, 3.05) is 32.8 Å². The summed E-state index contributed by atoms with van der Waals surface area (Å²) in [6.07, 6.45) is 5.84. The van der Waals surface area contributed by atoms with E-state index in [0.717, 1.165) is 26.1 Å². The highest BCUT2D eigenvalue weighted by Gasteiger charge is 2.16. The first kappa shape index (κ1) is 11.7.